The second kappa shape index (κ2) is 9.91. The van der Waals surface area contributed by atoms with Crippen LogP contribution in [0.25, 0.3) is 0 Å². The number of carbonyl (C=O) groups excluding carboxylic acids is 2. The van der Waals surface area contributed by atoms with Crippen molar-refractivity contribution in [1.29, 1.82) is 0 Å². The van der Waals surface area contributed by atoms with Crippen molar-refractivity contribution in [3.8, 4) is 0 Å². The van der Waals surface area contributed by atoms with Crippen LogP contribution in [0.1, 0.15) is 71.3 Å². The summed E-state index contributed by atoms with van der Waals surface area (Å²) in [7, 11) is 0. The molecule has 0 aromatic heterocycles. The van der Waals surface area contributed by atoms with Gasteiger partial charge in [-0.25, -0.2) is 0 Å². The number of rotatable bonds is 5. The minimum atomic E-state index is -0.512. The highest BCUT2D eigenvalue weighted by molar-refractivity contribution is 6.30. The van der Waals surface area contributed by atoms with Crippen molar-refractivity contribution in [1.82, 2.24) is 10.2 Å². The van der Waals surface area contributed by atoms with E-state index in [1.165, 1.54) is 5.56 Å². The summed E-state index contributed by atoms with van der Waals surface area (Å²) < 4.78 is 0. The number of piperidine rings is 1. The summed E-state index contributed by atoms with van der Waals surface area (Å²) in [5, 5.41) is 13.5. The van der Waals surface area contributed by atoms with E-state index in [0.29, 0.717) is 44.7 Å². The van der Waals surface area contributed by atoms with Gasteiger partial charge in [-0.3, -0.25) is 9.59 Å². The third-order valence-corrected chi connectivity index (χ3v) is 7.36. The molecule has 2 amide bonds. The van der Waals surface area contributed by atoms with E-state index in [9.17, 15) is 14.7 Å². The fourth-order valence-electron chi connectivity index (χ4n) is 5.18. The third-order valence-electron chi connectivity index (χ3n) is 7.11. The molecular weight excluding hydrogens is 412 g/mol. The number of amides is 2. The summed E-state index contributed by atoms with van der Waals surface area (Å²) >= 11 is 6.06. The van der Waals surface area contributed by atoms with Gasteiger partial charge in [-0.1, -0.05) is 51.4 Å². The Hall–Kier alpha value is -1.59. The molecule has 0 radical (unpaired) electrons. The molecule has 1 saturated carbocycles. The van der Waals surface area contributed by atoms with Crippen molar-refractivity contribution in [2.45, 2.75) is 77.9 Å². The molecule has 2 fully saturated rings. The minimum absolute atomic E-state index is 0.0156. The maximum absolute atomic E-state index is 13.4. The van der Waals surface area contributed by atoms with E-state index in [1.807, 2.05) is 30.9 Å². The highest BCUT2D eigenvalue weighted by atomic mass is 35.5. The molecule has 1 heterocycles. The normalized spacial score (nSPS) is 27.1. The highest BCUT2D eigenvalue weighted by Gasteiger charge is 2.41. The van der Waals surface area contributed by atoms with Gasteiger partial charge < -0.3 is 15.3 Å². The predicted molar refractivity (Wildman–Crippen MR) is 124 cm³/mol. The summed E-state index contributed by atoms with van der Waals surface area (Å²) in [6, 6.07) is 7.52. The first-order valence-corrected chi connectivity index (χ1v) is 12.0. The molecule has 1 unspecified atom stereocenters. The molecule has 2 N–H and O–H groups in total. The Kier molecular flexibility index (Phi) is 7.69. The number of aliphatic hydroxyl groups is 1. The van der Waals surface area contributed by atoms with Gasteiger partial charge in [0.2, 0.25) is 11.8 Å². The van der Waals surface area contributed by atoms with E-state index in [4.69, 9.17) is 11.6 Å². The number of nitrogens with one attached hydrogen (secondary N) is 1. The second-order valence-electron chi connectivity index (χ2n) is 10.4. The molecule has 1 aromatic rings. The summed E-state index contributed by atoms with van der Waals surface area (Å²) in [5.41, 5.74) is 1.18. The maximum Gasteiger partial charge on any atom is 0.245 e. The topological polar surface area (TPSA) is 69.6 Å². The number of likely N-dealkylation sites (tertiary alicyclic amines) is 1. The molecule has 2 aliphatic rings. The van der Waals surface area contributed by atoms with Gasteiger partial charge in [0.25, 0.3) is 0 Å². The van der Waals surface area contributed by atoms with Gasteiger partial charge in [-0.2, -0.15) is 0 Å². The smallest absolute Gasteiger partial charge is 0.245 e. The molecule has 5 nitrogen and oxygen atoms in total. The number of carbonyl (C=O) groups is 2. The molecule has 1 saturated heterocycles. The van der Waals surface area contributed by atoms with Gasteiger partial charge in [-0.15, -0.1) is 0 Å². The van der Waals surface area contributed by atoms with Crippen molar-refractivity contribution in [2.75, 3.05) is 13.1 Å². The lowest BCUT2D eigenvalue weighted by molar-refractivity contribution is -0.142. The molecule has 1 aliphatic heterocycles. The van der Waals surface area contributed by atoms with Gasteiger partial charge in [0.15, 0.2) is 0 Å². The maximum atomic E-state index is 13.4. The fraction of sp³-hybridized carbons (Fsp3) is 0.680. The average Bonchev–Trinajstić information content (AvgIpc) is 2.72. The average molecular weight is 449 g/mol. The number of benzene rings is 1. The van der Waals surface area contributed by atoms with E-state index in [2.05, 4.69) is 31.3 Å². The lowest BCUT2D eigenvalue weighted by atomic mass is 9.70. The molecule has 6 heteroatoms. The highest BCUT2D eigenvalue weighted by Crippen LogP contribution is 2.42. The number of nitrogens with zero attached hydrogens (tertiary/aromatic N) is 1. The van der Waals surface area contributed by atoms with Crippen LogP contribution < -0.4 is 5.32 Å². The van der Waals surface area contributed by atoms with E-state index < -0.39 is 6.04 Å². The lowest BCUT2D eigenvalue weighted by Crippen LogP contribution is -2.56. The zero-order chi connectivity index (χ0) is 22.8. The standard InChI is InChI=1S/C25H37ClN2O3/c1-16(2)22(27-23(30)18-7-11-20(29)12-8-18)24(31)28-14-13-21(25(3,4)15-28)17-5-9-19(26)10-6-17/h5-6,9-10,16,18,20-22,29H,7-8,11-15H2,1-4H3,(H,27,30)/t18-,20-,21?,22-/m1/s1. The molecule has 172 valence electrons. The van der Waals surface area contributed by atoms with Crippen LogP contribution in [0.3, 0.4) is 0 Å². The molecule has 1 aromatic carbocycles. The first-order chi connectivity index (χ1) is 14.6. The zero-order valence-electron chi connectivity index (χ0n) is 19.2. The number of aliphatic hydroxyl groups excluding tert-OH is 1. The number of hydrogen-bond donors (Lipinski definition) is 2. The quantitative estimate of drug-likeness (QED) is 0.702. The van der Waals surface area contributed by atoms with Crippen LogP contribution >= 0.6 is 11.6 Å². The first-order valence-electron chi connectivity index (χ1n) is 11.6. The van der Waals surface area contributed by atoms with E-state index in [0.717, 1.165) is 11.4 Å². The molecule has 0 bridgehead atoms. The van der Waals surface area contributed by atoms with Gasteiger partial charge in [0.1, 0.15) is 6.04 Å². The third kappa shape index (κ3) is 5.81. The summed E-state index contributed by atoms with van der Waals surface area (Å²) in [4.78, 5) is 28.2. The molecule has 3 rings (SSSR count). The number of hydrogen-bond acceptors (Lipinski definition) is 3. The largest absolute Gasteiger partial charge is 0.393 e. The van der Waals surface area contributed by atoms with Crippen LogP contribution in [0.2, 0.25) is 5.02 Å². The van der Waals surface area contributed by atoms with Gasteiger partial charge in [-0.05, 0) is 67.1 Å². The Morgan fingerprint density at radius 2 is 1.71 bits per heavy atom. The molecular formula is C25H37ClN2O3. The Morgan fingerprint density at radius 1 is 1.10 bits per heavy atom. The van der Waals surface area contributed by atoms with Gasteiger partial charge >= 0.3 is 0 Å². The van der Waals surface area contributed by atoms with Crippen LogP contribution in [0.5, 0.6) is 0 Å². The monoisotopic (exact) mass is 448 g/mol. The Balaban J connectivity index is 1.66. The number of halogens is 1. The summed E-state index contributed by atoms with van der Waals surface area (Å²) in [5.74, 6) is 0.234. The first kappa shape index (κ1) is 24.1. The van der Waals surface area contributed by atoms with Crippen LogP contribution in [0.15, 0.2) is 24.3 Å². The summed E-state index contributed by atoms with van der Waals surface area (Å²) in [6.07, 6.45) is 3.28. The molecule has 0 spiro atoms. The van der Waals surface area contributed by atoms with Crippen LogP contribution in [-0.4, -0.2) is 47.1 Å². The van der Waals surface area contributed by atoms with Crippen LogP contribution in [0, 0.1) is 17.3 Å². The summed E-state index contributed by atoms with van der Waals surface area (Å²) in [6.45, 7) is 9.74. The Bertz CT molecular complexity index is 769. The zero-order valence-corrected chi connectivity index (χ0v) is 20.0. The van der Waals surface area contributed by atoms with Gasteiger partial charge in [0, 0.05) is 24.0 Å². The van der Waals surface area contributed by atoms with E-state index in [-0.39, 0.29) is 35.2 Å². The van der Waals surface area contributed by atoms with Crippen LogP contribution in [0.4, 0.5) is 0 Å². The SMILES string of the molecule is CC(C)[C@@H](NC(=O)[C@H]1CC[C@H](O)CC1)C(=O)N1CCC(c2ccc(Cl)cc2)C(C)(C)C1. The van der Waals surface area contributed by atoms with Crippen molar-refractivity contribution in [3.05, 3.63) is 34.9 Å². The lowest BCUT2D eigenvalue weighted by Gasteiger charge is -2.46. The van der Waals surface area contributed by atoms with Crippen molar-refractivity contribution in [3.63, 3.8) is 0 Å². The van der Waals surface area contributed by atoms with E-state index in [1.54, 1.807) is 0 Å². The predicted octanol–water partition coefficient (Wildman–Crippen LogP) is 4.37. The second-order valence-corrected chi connectivity index (χ2v) is 10.8. The van der Waals surface area contributed by atoms with E-state index >= 15 is 0 Å². The van der Waals surface area contributed by atoms with Crippen molar-refractivity contribution in [2.24, 2.45) is 17.3 Å². The van der Waals surface area contributed by atoms with Crippen molar-refractivity contribution < 1.29 is 14.7 Å². The van der Waals surface area contributed by atoms with Gasteiger partial charge in [0.05, 0.1) is 6.10 Å². The molecule has 2 atom stereocenters. The van der Waals surface area contributed by atoms with Crippen LogP contribution in [-0.2, 0) is 9.59 Å². The molecule has 31 heavy (non-hydrogen) atoms. The fourth-order valence-corrected chi connectivity index (χ4v) is 5.30. The Labute approximate surface area is 191 Å². The minimum Gasteiger partial charge on any atom is -0.393 e. The molecule has 1 aliphatic carbocycles. The Morgan fingerprint density at radius 3 is 2.26 bits per heavy atom. The van der Waals surface area contributed by atoms with Crippen molar-refractivity contribution >= 4 is 23.4 Å².